The van der Waals surface area contributed by atoms with E-state index in [-0.39, 0.29) is 17.9 Å². The molecule has 1 aromatic carbocycles. The molecule has 0 saturated carbocycles. The fourth-order valence-corrected chi connectivity index (χ4v) is 2.69. The highest BCUT2D eigenvalue weighted by molar-refractivity contribution is 7.10. The number of benzene rings is 1. The van der Waals surface area contributed by atoms with E-state index in [1.807, 2.05) is 19.2 Å². The zero-order valence-electron chi connectivity index (χ0n) is 14.4. The van der Waals surface area contributed by atoms with Crippen molar-refractivity contribution in [1.82, 2.24) is 10.3 Å². The van der Waals surface area contributed by atoms with Gasteiger partial charge in [0.2, 0.25) is 5.91 Å². The van der Waals surface area contributed by atoms with Crippen LogP contribution in [0.2, 0.25) is 0 Å². The van der Waals surface area contributed by atoms with Crippen LogP contribution in [0, 0.1) is 5.92 Å². The summed E-state index contributed by atoms with van der Waals surface area (Å²) in [6.07, 6.45) is 0.348. The summed E-state index contributed by atoms with van der Waals surface area (Å²) in [5, 5.41) is 8.52. The molecule has 26 heavy (non-hydrogen) atoms. The fourth-order valence-electron chi connectivity index (χ4n) is 2.16. The number of carbonyl (C=O) groups is 1. The van der Waals surface area contributed by atoms with Gasteiger partial charge in [0.25, 0.3) is 0 Å². The number of rotatable bonds is 7. The number of halogens is 3. The highest BCUT2D eigenvalue weighted by atomic mass is 32.1. The van der Waals surface area contributed by atoms with E-state index in [0.717, 1.165) is 17.1 Å². The van der Waals surface area contributed by atoms with Gasteiger partial charge in [0, 0.05) is 35.9 Å². The molecule has 0 spiro atoms. The van der Waals surface area contributed by atoms with Crippen molar-refractivity contribution in [2.24, 2.45) is 5.92 Å². The van der Waals surface area contributed by atoms with Crippen LogP contribution >= 0.6 is 11.3 Å². The molecule has 1 heterocycles. The van der Waals surface area contributed by atoms with Crippen molar-refractivity contribution >= 4 is 29.0 Å². The average Bonchev–Trinajstić information content (AvgIpc) is 3.09. The fraction of sp³-hybridized carbons (Fsp3) is 0.333. The molecular formula is C18H20F3N3OS. The van der Waals surface area contributed by atoms with Crippen LogP contribution < -0.4 is 10.6 Å². The summed E-state index contributed by atoms with van der Waals surface area (Å²) in [7, 11) is 0. The molecule has 1 amide bonds. The summed E-state index contributed by atoms with van der Waals surface area (Å²) in [5.74, 6) is -0.0828. The second-order valence-corrected chi connectivity index (χ2v) is 6.94. The number of hydrogen-bond acceptors (Lipinski definition) is 4. The van der Waals surface area contributed by atoms with Gasteiger partial charge in [-0.3, -0.25) is 4.79 Å². The first-order chi connectivity index (χ1) is 12.3. The molecule has 1 atom stereocenters. The summed E-state index contributed by atoms with van der Waals surface area (Å²) >= 11 is 1.43. The van der Waals surface area contributed by atoms with Crippen LogP contribution in [0.15, 0.2) is 41.9 Å². The van der Waals surface area contributed by atoms with Gasteiger partial charge >= 0.3 is 6.18 Å². The Morgan fingerprint density at radius 3 is 2.50 bits per heavy atom. The number of hydrogen-bond donors (Lipinski definition) is 2. The summed E-state index contributed by atoms with van der Waals surface area (Å²) in [6.45, 7) is 4.29. The smallest absolute Gasteiger partial charge is 0.380 e. The maximum Gasteiger partial charge on any atom is 0.416 e. The van der Waals surface area contributed by atoms with E-state index in [9.17, 15) is 18.0 Å². The standard InChI is InChI=1S/C18H20F3N3OS/c1-12(2)15(11-23-16(25)7-8-17-22-9-10-26-17)24-14-5-3-13(4-6-14)18(19,20)21/h3-10,12,15,24H,11H2,1-2H3,(H,23,25)/b8-7+/t15-/m0/s1. The lowest BCUT2D eigenvalue weighted by Crippen LogP contribution is -2.39. The molecule has 4 nitrogen and oxygen atoms in total. The van der Waals surface area contributed by atoms with Crippen LogP contribution in [0.1, 0.15) is 24.4 Å². The molecule has 0 radical (unpaired) electrons. The Balaban J connectivity index is 1.91. The predicted octanol–water partition coefficient (Wildman–Crippen LogP) is 4.43. The maximum atomic E-state index is 12.6. The minimum atomic E-state index is -4.35. The van der Waals surface area contributed by atoms with Crippen LogP contribution in [0.4, 0.5) is 18.9 Å². The van der Waals surface area contributed by atoms with Gasteiger partial charge in [-0.2, -0.15) is 13.2 Å². The van der Waals surface area contributed by atoms with E-state index in [4.69, 9.17) is 0 Å². The van der Waals surface area contributed by atoms with Gasteiger partial charge in [0.05, 0.1) is 5.56 Å². The highest BCUT2D eigenvalue weighted by Gasteiger charge is 2.30. The average molecular weight is 383 g/mol. The number of amides is 1. The Labute approximate surface area is 154 Å². The van der Waals surface area contributed by atoms with Gasteiger partial charge in [-0.05, 0) is 36.3 Å². The van der Waals surface area contributed by atoms with Crippen molar-refractivity contribution in [2.75, 3.05) is 11.9 Å². The molecule has 0 bridgehead atoms. The van der Waals surface area contributed by atoms with Crippen LogP contribution in [0.25, 0.3) is 6.08 Å². The molecule has 140 valence electrons. The maximum absolute atomic E-state index is 12.6. The molecule has 0 fully saturated rings. The molecular weight excluding hydrogens is 363 g/mol. The topological polar surface area (TPSA) is 54.0 Å². The van der Waals surface area contributed by atoms with Crippen molar-refractivity contribution < 1.29 is 18.0 Å². The first kappa shape index (κ1) is 20.0. The van der Waals surface area contributed by atoms with Crippen molar-refractivity contribution in [3.8, 4) is 0 Å². The summed E-state index contributed by atoms with van der Waals surface area (Å²) in [6, 6.07) is 4.73. The monoisotopic (exact) mass is 383 g/mol. The van der Waals surface area contributed by atoms with Crippen molar-refractivity contribution in [2.45, 2.75) is 26.1 Å². The Bertz CT molecular complexity index is 725. The van der Waals surface area contributed by atoms with Gasteiger partial charge in [-0.1, -0.05) is 13.8 Å². The number of nitrogens with zero attached hydrogens (tertiary/aromatic N) is 1. The minimum Gasteiger partial charge on any atom is -0.380 e. The molecule has 0 aliphatic rings. The predicted molar refractivity (Wildman–Crippen MR) is 97.9 cm³/mol. The minimum absolute atomic E-state index is 0.121. The molecule has 0 aliphatic heterocycles. The number of thiazole rings is 1. The molecule has 2 rings (SSSR count). The van der Waals surface area contributed by atoms with Gasteiger partial charge in [0.1, 0.15) is 5.01 Å². The van der Waals surface area contributed by atoms with Crippen molar-refractivity contribution in [3.63, 3.8) is 0 Å². The second kappa shape index (κ2) is 8.84. The van der Waals surface area contributed by atoms with Crippen LogP contribution in [0.5, 0.6) is 0 Å². The van der Waals surface area contributed by atoms with Gasteiger partial charge in [0.15, 0.2) is 0 Å². The SMILES string of the molecule is CC(C)[C@H](CNC(=O)/C=C/c1nccs1)Nc1ccc(C(F)(F)F)cc1. The number of nitrogens with one attached hydrogen (secondary N) is 2. The molecule has 2 aromatic rings. The Morgan fingerprint density at radius 2 is 1.96 bits per heavy atom. The summed E-state index contributed by atoms with van der Waals surface area (Å²) in [5.41, 5.74) is -0.117. The van der Waals surface area contributed by atoms with Crippen LogP contribution in [-0.2, 0) is 11.0 Å². The quantitative estimate of drug-likeness (QED) is 0.696. The molecule has 0 unspecified atom stereocenters. The zero-order valence-corrected chi connectivity index (χ0v) is 15.2. The lowest BCUT2D eigenvalue weighted by molar-refractivity contribution is -0.137. The van der Waals surface area contributed by atoms with E-state index < -0.39 is 11.7 Å². The third-order valence-corrected chi connectivity index (χ3v) is 4.43. The number of alkyl halides is 3. The van der Waals surface area contributed by atoms with E-state index in [2.05, 4.69) is 15.6 Å². The second-order valence-electron chi connectivity index (χ2n) is 6.02. The largest absolute Gasteiger partial charge is 0.416 e. The summed E-state index contributed by atoms with van der Waals surface area (Å²) < 4.78 is 37.8. The Kier molecular flexibility index (Phi) is 6.79. The van der Waals surface area contributed by atoms with E-state index in [1.54, 1.807) is 12.3 Å². The first-order valence-corrected chi connectivity index (χ1v) is 8.93. The number of anilines is 1. The van der Waals surface area contributed by atoms with Crippen molar-refractivity contribution in [1.29, 1.82) is 0 Å². The Hall–Kier alpha value is -2.35. The van der Waals surface area contributed by atoms with Crippen molar-refractivity contribution in [3.05, 3.63) is 52.5 Å². The number of carbonyl (C=O) groups excluding carboxylic acids is 1. The molecule has 2 N–H and O–H groups in total. The molecule has 1 aromatic heterocycles. The number of aromatic nitrogens is 1. The molecule has 0 saturated heterocycles. The van der Waals surface area contributed by atoms with Crippen LogP contribution in [-0.4, -0.2) is 23.5 Å². The Morgan fingerprint density at radius 1 is 1.27 bits per heavy atom. The third kappa shape index (κ3) is 6.18. The third-order valence-electron chi connectivity index (χ3n) is 3.69. The van der Waals surface area contributed by atoms with Gasteiger partial charge < -0.3 is 10.6 Å². The highest BCUT2D eigenvalue weighted by Crippen LogP contribution is 2.30. The molecule has 0 aliphatic carbocycles. The van der Waals surface area contributed by atoms with Gasteiger partial charge in [-0.15, -0.1) is 11.3 Å². The molecule has 8 heteroatoms. The van der Waals surface area contributed by atoms with E-state index >= 15 is 0 Å². The summed E-state index contributed by atoms with van der Waals surface area (Å²) in [4.78, 5) is 16.0. The van der Waals surface area contributed by atoms with Gasteiger partial charge in [-0.25, -0.2) is 4.98 Å². The first-order valence-electron chi connectivity index (χ1n) is 8.05. The van der Waals surface area contributed by atoms with Crippen LogP contribution in [0.3, 0.4) is 0 Å². The zero-order chi connectivity index (χ0) is 19.2. The normalized spacial score (nSPS) is 13.2. The van der Waals surface area contributed by atoms with E-state index in [1.165, 1.54) is 29.5 Å². The lowest BCUT2D eigenvalue weighted by atomic mass is 10.0. The van der Waals surface area contributed by atoms with E-state index in [0.29, 0.717) is 12.2 Å². The lowest BCUT2D eigenvalue weighted by Gasteiger charge is -2.24.